The van der Waals surface area contributed by atoms with Crippen molar-refractivity contribution < 1.29 is 0 Å². The van der Waals surface area contributed by atoms with E-state index in [0.717, 1.165) is 35.9 Å². The smallest absolute Gasteiger partial charge is 0.147 e. The average molecular weight is 298 g/mol. The van der Waals surface area contributed by atoms with Crippen LogP contribution < -0.4 is 10.2 Å². The van der Waals surface area contributed by atoms with Crippen LogP contribution in [-0.4, -0.2) is 24.1 Å². The fraction of sp³-hybridized carbons (Fsp3) is 0.688. The Bertz CT molecular complexity index is 426. The molecule has 1 aromatic heterocycles. The second-order valence-electron chi connectivity index (χ2n) is 6.65. The molecule has 0 fully saturated rings. The number of hydrogen-bond donors (Lipinski definition) is 1. The van der Waals surface area contributed by atoms with Crippen molar-refractivity contribution in [3.05, 3.63) is 22.8 Å². The number of hydrogen-bond acceptors (Lipinski definition) is 3. The third-order valence-corrected chi connectivity index (χ3v) is 3.62. The summed E-state index contributed by atoms with van der Waals surface area (Å²) in [5.41, 5.74) is 1.21. The minimum absolute atomic E-state index is 0.0957. The molecule has 1 unspecified atom stereocenters. The molecule has 0 aliphatic carbocycles. The molecule has 1 rings (SSSR count). The van der Waals surface area contributed by atoms with E-state index in [-0.39, 0.29) is 5.54 Å². The first-order valence-corrected chi connectivity index (χ1v) is 7.71. The molecule has 0 aromatic carbocycles. The average Bonchev–Trinajstić information content (AvgIpc) is 2.35. The molecule has 20 heavy (non-hydrogen) atoms. The van der Waals surface area contributed by atoms with Crippen LogP contribution in [-0.2, 0) is 6.54 Å². The van der Waals surface area contributed by atoms with Crippen LogP contribution in [0.25, 0.3) is 0 Å². The first-order valence-electron chi connectivity index (χ1n) is 7.33. The number of pyridine rings is 1. The topological polar surface area (TPSA) is 28.2 Å². The molecule has 4 heteroatoms. The Kier molecular flexibility index (Phi) is 6.28. The molecule has 114 valence electrons. The number of aromatic nitrogens is 1. The Morgan fingerprint density at radius 1 is 1.40 bits per heavy atom. The largest absolute Gasteiger partial charge is 0.358 e. The van der Waals surface area contributed by atoms with Crippen molar-refractivity contribution in [2.75, 3.05) is 18.5 Å². The van der Waals surface area contributed by atoms with Gasteiger partial charge in [0.05, 0.1) is 5.02 Å². The van der Waals surface area contributed by atoms with E-state index in [1.54, 1.807) is 0 Å². The van der Waals surface area contributed by atoms with Crippen molar-refractivity contribution in [2.24, 2.45) is 5.92 Å². The van der Waals surface area contributed by atoms with Crippen LogP contribution in [0.4, 0.5) is 5.82 Å². The van der Waals surface area contributed by atoms with Gasteiger partial charge < -0.3 is 10.2 Å². The van der Waals surface area contributed by atoms with Crippen LogP contribution in [0.2, 0.25) is 5.02 Å². The summed E-state index contributed by atoms with van der Waals surface area (Å²) in [6.45, 7) is 12.7. The van der Waals surface area contributed by atoms with Crippen molar-refractivity contribution in [3.63, 3.8) is 0 Å². The lowest BCUT2D eigenvalue weighted by molar-refractivity contribution is 0.424. The Labute approximate surface area is 128 Å². The van der Waals surface area contributed by atoms with E-state index in [9.17, 15) is 0 Å². The predicted molar refractivity (Wildman–Crippen MR) is 88.6 cm³/mol. The molecule has 1 heterocycles. The van der Waals surface area contributed by atoms with Gasteiger partial charge in [0.2, 0.25) is 0 Å². The van der Waals surface area contributed by atoms with E-state index in [2.05, 4.69) is 49.8 Å². The van der Waals surface area contributed by atoms with Gasteiger partial charge in [-0.05, 0) is 38.3 Å². The number of anilines is 1. The number of rotatable bonds is 6. The van der Waals surface area contributed by atoms with Crippen molar-refractivity contribution in [1.82, 2.24) is 10.3 Å². The van der Waals surface area contributed by atoms with Gasteiger partial charge in [0.1, 0.15) is 5.82 Å². The third-order valence-electron chi connectivity index (χ3n) is 3.35. The van der Waals surface area contributed by atoms with Crippen molar-refractivity contribution >= 4 is 17.4 Å². The molecule has 0 aliphatic heterocycles. The zero-order valence-corrected chi connectivity index (χ0v) is 14.4. The molecule has 1 atom stereocenters. The van der Waals surface area contributed by atoms with Gasteiger partial charge in [-0.25, -0.2) is 4.98 Å². The van der Waals surface area contributed by atoms with Gasteiger partial charge >= 0.3 is 0 Å². The van der Waals surface area contributed by atoms with Gasteiger partial charge in [-0.2, -0.15) is 0 Å². The highest BCUT2D eigenvalue weighted by molar-refractivity contribution is 6.33. The molecule has 0 spiro atoms. The summed E-state index contributed by atoms with van der Waals surface area (Å²) < 4.78 is 0. The van der Waals surface area contributed by atoms with Crippen LogP contribution in [0.15, 0.2) is 12.3 Å². The van der Waals surface area contributed by atoms with E-state index in [0.29, 0.717) is 5.92 Å². The fourth-order valence-electron chi connectivity index (χ4n) is 1.90. The fourth-order valence-corrected chi connectivity index (χ4v) is 2.23. The summed E-state index contributed by atoms with van der Waals surface area (Å²) in [6, 6.07) is 2.01. The van der Waals surface area contributed by atoms with Gasteiger partial charge in [0.15, 0.2) is 0 Å². The Morgan fingerprint density at radius 2 is 2.05 bits per heavy atom. The summed E-state index contributed by atoms with van der Waals surface area (Å²) >= 11 is 6.37. The highest BCUT2D eigenvalue weighted by atomic mass is 35.5. The van der Waals surface area contributed by atoms with Crippen LogP contribution in [0.1, 0.15) is 46.6 Å². The Balaban J connectivity index is 2.72. The van der Waals surface area contributed by atoms with Gasteiger partial charge in [-0.1, -0.05) is 31.9 Å². The minimum Gasteiger partial charge on any atom is -0.358 e. The maximum atomic E-state index is 6.37. The Hall–Kier alpha value is -0.800. The van der Waals surface area contributed by atoms with E-state index in [1.165, 1.54) is 0 Å². The summed E-state index contributed by atoms with van der Waals surface area (Å²) in [5.74, 6) is 1.51. The quantitative estimate of drug-likeness (QED) is 0.856. The van der Waals surface area contributed by atoms with Crippen LogP contribution in [0, 0.1) is 5.92 Å². The molecule has 0 bridgehead atoms. The van der Waals surface area contributed by atoms with E-state index >= 15 is 0 Å². The summed E-state index contributed by atoms with van der Waals surface area (Å²) in [7, 11) is 2.05. The maximum absolute atomic E-state index is 6.37. The molecule has 1 N–H and O–H groups in total. The SMILES string of the molecule is CCC(C)CN(C)c1ncc(CNC(C)(C)C)cc1Cl. The van der Waals surface area contributed by atoms with Crippen LogP contribution in [0.5, 0.6) is 0 Å². The van der Waals surface area contributed by atoms with E-state index < -0.39 is 0 Å². The Morgan fingerprint density at radius 3 is 2.55 bits per heavy atom. The molecule has 1 aromatic rings. The highest BCUT2D eigenvalue weighted by Gasteiger charge is 2.13. The van der Waals surface area contributed by atoms with E-state index in [1.807, 2.05) is 19.3 Å². The van der Waals surface area contributed by atoms with E-state index in [4.69, 9.17) is 11.6 Å². The predicted octanol–water partition coefficient (Wildman–Crippen LogP) is 4.11. The lowest BCUT2D eigenvalue weighted by Gasteiger charge is -2.24. The van der Waals surface area contributed by atoms with Gasteiger partial charge in [-0.3, -0.25) is 0 Å². The molecule has 0 saturated carbocycles. The molecular weight excluding hydrogens is 270 g/mol. The lowest BCUT2D eigenvalue weighted by Crippen LogP contribution is -2.35. The second kappa shape index (κ2) is 7.28. The second-order valence-corrected chi connectivity index (χ2v) is 7.05. The lowest BCUT2D eigenvalue weighted by atomic mass is 10.1. The monoisotopic (exact) mass is 297 g/mol. The van der Waals surface area contributed by atoms with Crippen molar-refractivity contribution in [1.29, 1.82) is 0 Å². The summed E-state index contributed by atoms with van der Waals surface area (Å²) in [5, 5.41) is 4.17. The number of nitrogens with one attached hydrogen (secondary N) is 1. The summed E-state index contributed by atoms with van der Waals surface area (Å²) in [4.78, 5) is 6.66. The molecule has 3 nitrogen and oxygen atoms in total. The highest BCUT2D eigenvalue weighted by Crippen LogP contribution is 2.24. The molecule has 0 radical (unpaired) electrons. The standard InChI is InChI=1S/C16H28ClN3/c1-7-12(2)11-20(6)15-14(17)8-13(9-18-15)10-19-16(3,4)5/h8-9,12,19H,7,10-11H2,1-6H3. The molecule has 0 saturated heterocycles. The number of halogens is 1. The normalized spacial score (nSPS) is 13.3. The van der Waals surface area contributed by atoms with Gasteiger partial charge in [-0.15, -0.1) is 0 Å². The zero-order valence-electron chi connectivity index (χ0n) is 13.6. The van der Waals surface area contributed by atoms with Gasteiger partial charge in [0, 0.05) is 31.9 Å². The zero-order chi connectivity index (χ0) is 15.3. The third kappa shape index (κ3) is 5.68. The molecular formula is C16H28ClN3. The first kappa shape index (κ1) is 17.3. The summed E-state index contributed by atoms with van der Waals surface area (Å²) in [6.07, 6.45) is 3.07. The minimum atomic E-state index is 0.0957. The van der Waals surface area contributed by atoms with Crippen LogP contribution >= 0.6 is 11.6 Å². The molecule has 0 aliphatic rings. The number of nitrogens with zero attached hydrogens (tertiary/aromatic N) is 2. The van der Waals surface area contributed by atoms with Gasteiger partial charge in [0.25, 0.3) is 0 Å². The van der Waals surface area contributed by atoms with Crippen molar-refractivity contribution in [3.8, 4) is 0 Å². The maximum Gasteiger partial charge on any atom is 0.147 e. The first-order chi connectivity index (χ1) is 9.23. The molecule has 0 amide bonds. The van der Waals surface area contributed by atoms with Crippen molar-refractivity contribution in [2.45, 2.75) is 53.1 Å². The van der Waals surface area contributed by atoms with Crippen LogP contribution in [0.3, 0.4) is 0 Å².